The van der Waals surface area contributed by atoms with Gasteiger partial charge in [-0.15, -0.1) is 12.4 Å². The van der Waals surface area contributed by atoms with Crippen molar-refractivity contribution >= 4 is 30.0 Å². The fourth-order valence-electron chi connectivity index (χ4n) is 2.42. The number of ether oxygens (including phenoxy) is 1. The SMILES string of the molecule is CNC1CCc2c(C=S)ccc(OC)c2C1.Cl. The van der Waals surface area contributed by atoms with Crippen molar-refractivity contribution in [3.05, 3.63) is 28.8 Å². The van der Waals surface area contributed by atoms with Gasteiger partial charge in [-0.2, -0.15) is 0 Å². The van der Waals surface area contributed by atoms with Crippen molar-refractivity contribution in [1.82, 2.24) is 5.32 Å². The molecule has 1 unspecified atom stereocenters. The zero-order valence-electron chi connectivity index (χ0n) is 10.2. The van der Waals surface area contributed by atoms with Crippen LogP contribution in [0.4, 0.5) is 0 Å². The first kappa shape index (κ1) is 14.4. The van der Waals surface area contributed by atoms with Crippen LogP contribution in [0.15, 0.2) is 12.1 Å². The number of benzene rings is 1. The van der Waals surface area contributed by atoms with E-state index in [1.807, 2.05) is 13.1 Å². The molecule has 1 aliphatic carbocycles. The summed E-state index contributed by atoms with van der Waals surface area (Å²) in [5.41, 5.74) is 3.88. The molecule has 0 spiro atoms. The molecule has 1 aromatic rings. The molecule has 0 bridgehead atoms. The molecule has 1 aromatic carbocycles. The van der Waals surface area contributed by atoms with E-state index in [4.69, 9.17) is 17.0 Å². The summed E-state index contributed by atoms with van der Waals surface area (Å²) >= 11 is 5.06. The number of hydrogen-bond donors (Lipinski definition) is 1. The van der Waals surface area contributed by atoms with Crippen LogP contribution in [0.1, 0.15) is 23.1 Å². The molecule has 0 saturated carbocycles. The van der Waals surface area contributed by atoms with Crippen LogP contribution in [0.3, 0.4) is 0 Å². The van der Waals surface area contributed by atoms with E-state index in [9.17, 15) is 0 Å². The Hall–Kier alpha value is -0.640. The summed E-state index contributed by atoms with van der Waals surface area (Å²) < 4.78 is 5.43. The summed E-state index contributed by atoms with van der Waals surface area (Å²) in [4.78, 5) is 0. The lowest BCUT2D eigenvalue weighted by Gasteiger charge is -2.27. The van der Waals surface area contributed by atoms with Gasteiger partial charge in [-0.25, -0.2) is 0 Å². The van der Waals surface area contributed by atoms with Gasteiger partial charge in [0.15, 0.2) is 0 Å². The van der Waals surface area contributed by atoms with Gasteiger partial charge >= 0.3 is 0 Å². The Labute approximate surface area is 114 Å². The quantitative estimate of drug-likeness (QED) is 0.854. The van der Waals surface area contributed by atoms with E-state index in [1.54, 1.807) is 12.5 Å². The molecule has 1 atom stereocenters. The number of likely N-dealkylation sites (N-methyl/N-ethyl adjacent to an activating group) is 1. The second-order valence-corrected chi connectivity index (χ2v) is 4.40. The Kier molecular flexibility index (Phi) is 5.37. The highest BCUT2D eigenvalue weighted by molar-refractivity contribution is 7.79. The maximum absolute atomic E-state index is 5.43. The summed E-state index contributed by atoms with van der Waals surface area (Å²) in [5, 5.41) is 5.12. The van der Waals surface area contributed by atoms with Gasteiger partial charge in [-0.05, 0) is 49.1 Å². The van der Waals surface area contributed by atoms with Crippen molar-refractivity contribution in [2.45, 2.75) is 25.3 Å². The first-order valence-corrected chi connectivity index (χ1v) is 6.08. The van der Waals surface area contributed by atoms with E-state index in [1.165, 1.54) is 23.1 Å². The fourth-order valence-corrected chi connectivity index (χ4v) is 2.64. The molecule has 0 aromatic heterocycles. The van der Waals surface area contributed by atoms with Gasteiger partial charge in [0.25, 0.3) is 0 Å². The van der Waals surface area contributed by atoms with Gasteiger partial charge in [-0.3, -0.25) is 0 Å². The van der Waals surface area contributed by atoms with Crippen molar-refractivity contribution < 1.29 is 4.74 Å². The second-order valence-electron chi connectivity index (χ2n) is 4.16. The van der Waals surface area contributed by atoms with Gasteiger partial charge < -0.3 is 10.1 Å². The van der Waals surface area contributed by atoms with E-state index >= 15 is 0 Å². The monoisotopic (exact) mass is 271 g/mol. The number of methoxy groups -OCH3 is 1. The van der Waals surface area contributed by atoms with Crippen LogP contribution < -0.4 is 10.1 Å². The van der Waals surface area contributed by atoms with Crippen LogP contribution >= 0.6 is 24.6 Å². The summed E-state index contributed by atoms with van der Waals surface area (Å²) in [6.07, 6.45) is 3.29. The third-order valence-electron chi connectivity index (χ3n) is 3.37. The molecular weight excluding hydrogens is 254 g/mol. The van der Waals surface area contributed by atoms with Gasteiger partial charge in [-0.1, -0.05) is 18.3 Å². The highest BCUT2D eigenvalue weighted by atomic mass is 35.5. The number of halogens is 1. The van der Waals surface area contributed by atoms with Crippen LogP contribution in [0.2, 0.25) is 0 Å². The van der Waals surface area contributed by atoms with Gasteiger partial charge in [0.1, 0.15) is 5.75 Å². The molecule has 2 nitrogen and oxygen atoms in total. The van der Waals surface area contributed by atoms with Crippen molar-refractivity contribution in [2.24, 2.45) is 0 Å². The molecule has 4 heteroatoms. The van der Waals surface area contributed by atoms with Crippen LogP contribution in [0.5, 0.6) is 5.75 Å². The molecule has 17 heavy (non-hydrogen) atoms. The van der Waals surface area contributed by atoms with E-state index in [0.717, 1.165) is 18.6 Å². The lowest BCUT2D eigenvalue weighted by molar-refractivity contribution is 0.398. The minimum atomic E-state index is 0. The van der Waals surface area contributed by atoms with E-state index in [2.05, 4.69) is 11.4 Å². The summed E-state index contributed by atoms with van der Waals surface area (Å²) in [5.74, 6) is 0.996. The van der Waals surface area contributed by atoms with Gasteiger partial charge in [0.05, 0.1) is 7.11 Å². The number of nitrogens with one attached hydrogen (secondary N) is 1. The topological polar surface area (TPSA) is 21.3 Å². The molecule has 1 N–H and O–H groups in total. The lowest BCUT2D eigenvalue weighted by atomic mass is 9.85. The van der Waals surface area contributed by atoms with Crippen molar-refractivity contribution in [3.63, 3.8) is 0 Å². The largest absolute Gasteiger partial charge is 0.496 e. The number of fused-ring (bicyclic) bond motifs is 1. The normalized spacial score (nSPS) is 17.9. The molecule has 1 aliphatic rings. The van der Waals surface area contributed by atoms with Crippen LogP contribution in [-0.4, -0.2) is 25.6 Å². The molecule has 0 amide bonds. The van der Waals surface area contributed by atoms with E-state index in [-0.39, 0.29) is 12.4 Å². The molecule has 0 aliphatic heterocycles. The zero-order chi connectivity index (χ0) is 11.5. The Bertz CT molecular complexity index is 409. The van der Waals surface area contributed by atoms with Crippen LogP contribution in [-0.2, 0) is 12.8 Å². The highest BCUT2D eigenvalue weighted by Gasteiger charge is 2.22. The predicted octanol–water partition coefficient (Wildman–Crippen LogP) is 2.54. The fraction of sp³-hybridized carbons (Fsp3) is 0.462. The Balaban J connectivity index is 0.00000144. The maximum Gasteiger partial charge on any atom is 0.122 e. The molecule has 0 radical (unpaired) electrons. The van der Waals surface area contributed by atoms with Gasteiger partial charge in [0, 0.05) is 11.4 Å². The van der Waals surface area contributed by atoms with E-state index < -0.39 is 0 Å². The number of thiocarbonyl (C=S) groups is 1. The van der Waals surface area contributed by atoms with Crippen LogP contribution in [0, 0.1) is 0 Å². The molecular formula is C13H18ClNOS. The number of hydrogen-bond acceptors (Lipinski definition) is 3. The minimum absolute atomic E-state index is 0. The van der Waals surface area contributed by atoms with Crippen LogP contribution in [0.25, 0.3) is 0 Å². The summed E-state index contributed by atoms with van der Waals surface area (Å²) in [6, 6.07) is 4.64. The standard InChI is InChI=1S/C13H17NOS.ClH/c1-14-10-4-5-11-9(8-16)3-6-13(15-2)12(11)7-10;/h3,6,8,10,14H,4-5,7H2,1-2H3;1H. The minimum Gasteiger partial charge on any atom is -0.496 e. The average Bonchev–Trinajstić information content (AvgIpc) is 2.36. The first-order valence-electron chi connectivity index (χ1n) is 5.61. The van der Waals surface area contributed by atoms with Crippen molar-refractivity contribution in [2.75, 3.05) is 14.2 Å². The maximum atomic E-state index is 5.43. The third-order valence-corrected chi connectivity index (χ3v) is 3.63. The van der Waals surface area contributed by atoms with Crippen molar-refractivity contribution in [3.8, 4) is 5.75 Å². The Morgan fingerprint density at radius 1 is 1.41 bits per heavy atom. The average molecular weight is 272 g/mol. The number of rotatable bonds is 3. The Morgan fingerprint density at radius 3 is 2.76 bits per heavy atom. The summed E-state index contributed by atoms with van der Waals surface area (Å²) in [7, 11) is 3.75. The lowest BCUT2D eigenvalue weighted by Crippen LogP contribution is -2.32. The molecule has 0 fully saturated rings. The molecule has 2 rings (SSSR count). The Morgan fingerprint density at radius 2 is 2.18 bits per heavy atom. The third kappa shape index (κ3) is 2.79. The van der Waals surface area contributed by atoms with E-state index in [0.29, 0.717) is 6.04 Å². The summed E-state index contributed by atoms with van der Waals surface area (Å²) in [6.45, 7) is 0. The first-order chi connectivity index (χ1) is 7.80. The smallest absolute Gasteiger partial charge is 0.122 e. The second kappa shape index (κ2) is 6.34. The van der Waals surface area contributed by atoms with Gasteiger partial charge in [0.2, 0.25) is 0 Å². The highest BCUT2D eigenvalue weighted by Crippen LogP contribution is 2.31. The molecule has 0 saturated heterocycles. The zero-order valence-corrected chi connectivity index (χ0v) is 11.8. The predicted molar refractivity (Wildman–Crippen MR) is 77.9 cm³/mol. The van der Waals surface area contributed by atoms with Crippen molar-refractivity contribution in [1.29, 1.82) is 0 Å². The molecule has 0 heterocycles. The molecule has 94 valence electrons.